The van der Waals surface area contributed by atoms with E-state index < -0.39 is 24.4 Å². The highest BCUT2D eigenvalue weighted by Crippen LogP contribution is 2.31. The highest BCUT2D eigenvalue weighted by Gasteiger charge is 2.38. The fraction of sp³-hybridized carbons (Fsp3) is 0.571. The predicted octanol–water partition coefficient (Wildman–Crippen LogP) is 2.08. The van der Waals surface area contributed by atoms with Crippen molar-refractivity contribution in [3.05, 3.63) is 24.0 Å². The van der Waals surface area contributed by atoms with Crippen LogP contribution in [0.4, 0.5) is 8.78 Å². The van der Waals surface area contributed by atoms with Gasteiger partial charge >= 0.3 is 5.97 Å². The molecule has 0 aromatic carbocycles. The lowest BCUT2D eigenvalue weighted by Crippen LogP contribution is -2.45. The van der Waals surface area contributed by atoms with E-state index in [1.807, 2.05) is 0 Å². The Bertz CT molecular complexity index is 534. The lowest BCUT2D eigenvalue weighted by atomic mass is 9.80. The smallest absolute Gasteiger partial charge is 0.309 e. The third-order valence-corrected chi connectivity index (χ3v) is 4.05. The van der Waals surface area contributed by atoms with E-state index in [0.29, 0.717) is 25.9 Å². The number of amides is 1. The molecular formula is C14H18F2N2O3. The SMILES string of the molecule is CC1(C(=O)O)CCN(C(=O)c2cccn2CC(F)F)CC1. The highest BCUT2D eigenvalue weighted by atomic mass is 19.3. The van der Waals surface area contributed by atoms with E-state index in [4.69, 9.17) is 5.11 Å². The molecule has 2 rings (SSSR count). The summed E-state index contributed by atoms with van der Waals surface area (Å²) in [5.74, 6) is -1.19. The normalized spacial score (nSPS) is 18.0. The van der Waals surface area contributed by atoms with Crippen LogP contribution in [0.25, 0.3) is 0 Å². The van der Waals surface area contributed by atoms with Crippen molar-refractivity contribution in [2.24, 2.45) is 5.41 Å². The molecule has 21 heavy (non-hydrogen) atoms. The molecule has 0 saturated carbocycles. The predicted molar refractivity (Wildman–Crippen MR) is 71.3 cm³/mol. The molecule has 1 aromatic heterocycles. The minimum absolute atomic E-state index is 0.217. The molecule has 1 aromatic rings. The van der Waals surface area contributed by atoms with E-state index in [0.717, 1.165) is 0 Å². The summed E-state index contributed by atoms with van der Waals surface area (Å²) in [6.07, 6.45) is -0.349. The molecule has 7 heteroatoms. The summed E-state index contributed by atoms with van der Waals surface area (Å²) < 4.78 is 26.2. The van der Waals surface area contributed by atoms with Crippen molar-refractivity contribution in [2.45, 2.75) is 32.7 Å². The van der Waals surface area contributed by atoms with Gasteiger partial charge in [0.05, 0.1) is 12.0 Å². The number of carbonyl (C=O) groups excluding carboxylic acids is 1. The number of likely N-dealkylation sites (tertiary alicyclic amines) is 1. The Morgan fingerprint density at radius 1 is 1.38 bits per heavy atom. The lowest BCUT2D eigenvalue weighted by Gasteiger charge is -2.36. The van der Waals surface area contributed by atoms with Crippen LogP contribution >= 0.6 is 0 Å². The van der Waals surface area contributed by atoms with Crippen molar-refractivity contribution in [2.75, 3.05) is 13.1 Å². The van der Waals surface area contributed by atoms with E-state index in [1.54, 1.807) is 13.0 Å². The maximum atomic E-state index is 12.5. The Hall–Kier alpha value is -1.92. The summed E-state index contributed by atoms with van der Waals surface area (Å²) in [7, 11) is 0. The second-order valence-corrected chi connectivity index (χ2v) is 5.59. The Balaban J connectivity index is 2.06. The lowest BCUT2D eigenvalue weighted by molar-refractivity contribution is -0.150. The van der Waals surface area contributed by atoms with Gasteiger partial charge in [0.2, 0.25) is 0 Å². The summed E-state index contributed by atoms with van der Waals surface area (Å²) in [6, 6.07) is 3.07. The van der Waals surface area contributed by atoms with Crippen molar-refractivity contribution >= 4 is 11.9 Å². The molecule has 1 fully saturated rings. The van der Waals surface area contributed by atoms with Gasteiger partial charge in [-0.25, -0.2) is 8.78 Å². The number of halogens is 2. The zero-order valence-corrected chi connectivity index (χ0v) is 11.8. The van der Waals surface area contributed by atoms with Crippen molar-refractivity contribution in [1.29, 1.82) is 0 Å². The fourth-order valence-corrected chi connectivity index (χ4v) is 2.50. The van der Waals surface area contributed by atoms with Crippen LogP contribution in [0.15, 0.2) is 18.3 Å². The molecule has 0 radical (unpaired) electrons. The molecule has 5 nitrogen and oxygen atoms in total. The number of hydrogen-bond donors (Lipinski definition) is 1. The van der Waals surface area contributed by atoms with Crippen molar-refractivity contribution < 1.29 is 23.5 Å². The van der Waals surface area contributed by atoms with Crippen molar-refractivity contribution in [3.63, 3.8) is 0 Å². The molecule has 1 N–H and O–H groups in total. The van der Waals surface area contributed by atoms with Gasteiger partial charge in [-0.3, -0.25) is 9.59 Å². The quantitative estimate of drug-likeness (QED) is 0.926. The maximum absolute atomic E-state index is 12.5. The number of carboxylic acid groups (broad SMARTS) is 1. The van der Waals surface area contributed by atoms with Crippen LogP contribution in [0.3, 0.4) is 0 Å². The number of aromatic nitrogens is 1. The number of rotatable bonds is 4. The first-order valence-electron chi connectivity index (χ1n) is 6.79. The molecule has 116 valence electrons. The molecule has 0 unspecified atom stereocenters. The van der Waals surface area contributed by atoms with Crippen molar-refractivity contribution in [3.8, 4) is 0 Å². The zero-order chi connectivity index (χ0) is 15.6. The average Bonchev–Trinajstić information content (AvgIpc) is 2.86. The molecule has 1 aliphatic rings. The van der Waals surface area contributed by atoms with Crippen LogP contribution in [-0.2, 0) is 11.3 Å². The van der Waals surface area contributed by atoms with Gasteiger partial charge in [0, 0.05) is 19.3 Å². The molecule has 0 atom stereocenters. The molecule has 1 aliphatic heterocycles. The first-order chi connectivity index (χ1) is 9.83. The van der Waals surface area contributed by atoms with Crippen LogP contribution in [0.2, 0.25) is 0 Å². The average molecular weight is 300 g/mol. The monoisotopic (exact) mass is 300 g/mol. The molecule has 0 aliphatic carbocycles. The Kier molecular flexibility index (Phi) is 4.29. The number of carboxylic acids is 1. The number of piperidine rings is 1. The standard InChI is InChI=1S/C14H18F2N2O3/c1-14(13(20)21)4-7-17(8-5-14)12(19)10-3-2-6-18(10)9-11(15)16/h2-3,6,11H,4-5,7-9H2,1H3,(H,20,21). The number of nitrogens with zero attached hydrogens (tertiary/aromatic N) is 2. The summed E-state index contributed by atoms with van der Waals surface area (Å²) in [6.45, 7) is 1.79. The topological polar surface area (TPSA) is 62.5 Å². The van der Waals surface area contributed by atoms with E-state index in [2.05, 4.69) is 0 Å². The van der Waals surface area contributed by atoms with Crippen LogP contribution in [0.5, 0.6) is 0 Å². The maximum Gasteiger partial charge on any atom is 0.309 e. The van der Waals surface area contributed by atoms with Gasteiger partial charge in [0.15, 0.2) is 0 Å². The summed E-state index contributed by atoms with van der Waals surface area (Å²) in [5, 5.41) is 9.16. The van der Waals surface area contributed by atoms with Gasteiger partial charge in [0.1, 0.15) is 5.69 Å². The molecule has 1 amide bonds. The number of hydrogen-bond acceptors (Lipinski definition) is 2. The van der Waals surface area contributed by atoms with E-state index in [-0.39, 0.29) is 11.6 Å². The minimum atomic E-state index is -2.53. The fourth-order valence-electron chi connectivity index (χ4n) is 2.50. The summed E-state index contributed by atoms with van der Waals surface area (Å²) in [5.41, 5.74) is -0.601. The van der Waals surface area contributed by atoms with Gasteiger partial charge in [-0.15, -0.1) is 0 Å². The minimum Gasteiger partial charge on any atom is -0.481 e. The van der Waals surface area contributed by atoms with Crippen LogP contribution in [-0.4, -0.2) is 46.0 Å². The van der Waals surface area contributed by atoms with E-state index in [1.165, 1.54) is 21.7 Å². The van der Waals surface area contributed by atoms with E-state index in [9.17, 15) is 18.4 Å². The van der Waals surface area contributed by atoms with Crippen LogP contribution in [0, 0.1) is 5.41 Å². The first kappa shape index (κ1) is 15.5. The molecule has 2 heterocycles. The summed E-state index contributed by atoms with van der Waals surface area (Å²) >= 11 is 0. The Morgan fingerprint density at radius 2 is 2.00 bits per heavy atom. The van der Waals surface area contributed by atoms with E-state index >= 15 is 0 Å². The summed E-state index contributed by atoms with van der Waals surface area (Å²) in [4.78, 5) is 25.1. The van der Waals surface area contributed by atoms with Crippen LogP contribution in [0.1, 0.15) is 30.3 Å². The van der Waals surface area contributed by atoms with Gasteiger partial charge < -0.3 is 14.6 Å². The first-order valence-corrected chi connectivity index (χ1v) is 6.79. The molecule has 1 saturated heterocycles. The Labute approximate surface area is 121 Å². The molecular weight excluding hydrogens is 282 g/mol. The second-order valence-electron chi connectivity index (χ2n) is 5.59. The third kappa shape index (κ3) is 3.22. The van der Waals surface area contributed by atoms with Crippen LogP contribution < -0.4 is 0 Å². The van der Waals surface area contributed by atoms with Gasteiger partial charge in [0.25, 0.3) is 12.3 Å². The van der Waals surface area contributed by atoms with Gasteiger partial charge in [-0.1, -0.05) is 0 Å². The van der Waals surface area contributed by atoms with Gasteiger partial charge in [-0.2, -0.15) is 0 Å². The molecule has 0 bridgehead atoms. The molecule has 0 spiro atoms. The van der Waals surface area contributed by atoms with Gasteiger partial charge in [-0.05, 0) is 31.9 Å². The Morgan fingerprint density at radius 3 is 2.52 bits per heavy atom. The number of carbonyl (C=O) groups is 2. The number of aliphatic carboxylic acids is 1. The highest BCUT2D eigenvalue weighted by molar-refractivity contribution is 5.93. The van der Waals surface area contributed by atoms with Crippen molar-refractivity contribution in [1.82, 2.24) is 9.47 Å². The largest absolute Gasteiger partial charge is 0.481 e. The second kappa shape index (κ2) is 5.83. The number of alkyl halides is 2. The third-order valence-electron chi connectivity index (χ3n) is 4.05. The zero-order valence-electron chi connectivity index (χ0n) is 11.8.